The zero-order valence-electron chi connectivity index (χ0n) is 8.94. The third-order valence-electron chi connectivity index (χ3n) is 2.32. The summed E-state index contributed by atoms with van der Waals surface area (Å²) in [5.41, 5.74) is 5.97. The lowest BCUT2D eigenvalue weighted by Gasteiger charge is -2.14. The Morgan fingerprint density at radius 3 is 2.43 bits per heavy atom. The second-order valence-corrected chi connectivity index (χ2v) is 5.03. The fourth-order valence-corrected chi connectivity index (χ4v) is 2.14. The van der Waals surface area contributed by atoms with Crippen LogP contribution in [0.3, 0.4) is 0 Å². The van der Waals surface area contributed by atoms with Gasteiger partial charge in [0.15, 0.2) is 0 Å². The van der Waals surface area contributed by atoms with Crippen LogP contribution in [-0.2, 0) is 0 Å². The zero-order chi connectivity index (χ0) is 10.4. The van der Waals surface area contributed by atoms with E-state index < -0.39 is 0 Å². The lowest BCUT2D eigenvalue weighted by molar-refractivity contribution is 0.483. The number of thioether (sulfide) groups is 1. The maximum absolute atomic E-state index is 5.97. The highest BCUT2D eigenvalue weighted by atomic mass is 32.2. The van der Waals surface area contributed by atoms with Gasteiger partial charge in [-0.25, -0.2) is 0 Å². The van der Waals surface area contributed by atoms with Gasteiger partial charge in [-0.2, -0.15) is 0 Å². The van der Waals surface area contributed by atoms with Gasteiger partial charge < -0.3 is 5.73 Å². The van der Waals surface area contributed by atoms with E-state index in [0.717, 1.165) is 12.2 Å². The molecule has 0 spiro atoms. The highest BCUT2D eigenvalue weighted by Gasteiger charge is 2.06. The summed E-state index contributed by atoms with van der Waals surface area (Å²) in [4.78, 5) is 1.34. The zero-order valence-corrected chi connectivity index (χ0v) is 9.76. The summed E-state index contributed by atoms with van der Waals surface area (Å²) < 4.78 is 0. The van der Waals surface area contributed by atoms with Crippen LogP contribution in [-0.4, -0.2) is 11.8 Å². The van der Waals surface area contributed by atoms with Crippen LogP contribution in [0.2, 0.25) is 0 Å². The van der Waals surface area contributed by atoms with E-state index in [9.17, 15) is 0 Å². The highest BCUT2D eigenvalue weighted by molar-refractivity contribution is 7.99. The van der Waals surface area contributed by atoms with Crippen LogP contribution >= 0.6 is 11.8 Å². The minimum Gasteiger partial charge on any atom is -0.327 e. The van der Waals surface area contributed by atoms with Crippen molar-refractivity contribution in [3.63, 3.8) is 0 Å². The second kappa shape index (κ2) is 6.10. The quantitative estimate of drug-likeness (QED) is 0.754. The third kappa shape index (κ3) is 4.16. The first-order valence-corrected chi connectivity index (χ1v) is 6.12. The fraction of sp³-hybridized carbons (Fsp3) is 0.500. The summed E-state index contributed by atoms with van der Waals surface area (Å²) in [5, 5.41) is 0. The fourth-order valence-electron chi connectivity index (χ4n) is 1.16. The smallest absolute Gasteiger partial charge is 0.00719 e. The molecule has 14 heavy (non-hydrogen) atoms. The molecule has 0 aliphatic heterocycles. The molecule has 0 bridgehead atoms. The van der Waals surface area contributed by atoms with E-state index in [2.05, 4.69) is 38.1 Å². The first-order valence-electron chi connectivity index (χ1n) is 5.13. The number of rotatable bonds is 5. The van der Waals surface area contributed by atoms with Gasteiger partial charge in [-0.1, -0.05) is 32.0 Å². The first kappa shape index (κ1) is 11.6. The summed E-state index contributed by atoms with van der Waals surface area (Å²) in [5.74, 6) is 1.70. The van der Waals surface area contributed by atoms with Crippen LogP contribution in [0.15, 0.2) is 35.2 Å². The van der Waals surface area contributed by atoms with Gasteiger partial charge in [0.1, 0.15) is 0 Å². The SMILES string of the molecule is CC(C)C(N)CCSc1ccccc1. The van der Waals surface area contributed by atoms with E-state index in [1.54, 1.807) is 0 Å². The van der Waals surface area contributed by atoms with Crippen LogP contribution in [0.4, 0.5) is 0 Å². The van der Waals surface area contributed by atoms with E-state index in [0.29, 0.717) is 12.0 Å². The molecule has 0 aliphatic rings. The minimum atomic E-state index is 0.339. The molecule has 1 rings (SSSR count). The van der Waals surface area contributed by atoms with Crippen LogP contribution in [0.1, 0.15) is 20.3 Å². The number of benzene rings is 1. The largest absolute Gasteiger partial charge is 0.327 e. The van der Waals surface area contributed by atoms with E-state index in [1.165, 1.54) is 4.90 Å². The summed E-state index contributed by atoms with van der Waals surface area (Å²) in [6.07, 6.45) is 1.09. The molecule has 1 atom stereocenters. The van der Waals surface area contributed by atoms with Gasteiger partial charge in [0.2, 0.25) is 0 Å². The highest BCUT2D eigenvalue weighted by Crippen LogP contribution is 2.19. The summed E-state index contributed by atoms with van der Waals surface area (Å²) >= 11 is 1.89. The van der Waals surface area contributed by atoms with Gasteiger partial charge in [-0.15, -0.1) is 11.8 Å². The first-order chi connectivity index (χ1) is 6.70. The number of nitrogens with two attached hydrogens (primary N) is 1. The van der Waals surface area contributed by atoms with Crippen molar-refractivity contribution in [3.8, 4) is 0 Å². The summed E-state index contributed by atoms with van der Waals surface area (Å²) in [7, 11) is 0. The maximum Gasteiger partial charge on any atom is 0.00719 e. The van der Waals surface area contributed by atoms with Gasteiger partial charge in [0.05, 0.1) is 0 Å². The van der Waals surface area contributed by atoms with E-state index in [-0.39, 0.29) is 0 Å². The molecule has 0 saturated heterocycles. The van der Waals surface area contributed by atoms with Gasteiger partial charge in [0, 0.05) is 10.9 Å². The Morgan fingerprint density at radius 2 is 1.86 bits per heavy atom. The van der Waals surface area contributed by atoms with Crippen molar-refractivity contribution < 1.29 is 0 Å². The molecule has 0 fully saturated rings. The molecule has 1 unspecified atom stereocenters. The molecule has 0 heterocycles. The summed E-state index contributed by atoms with van der Waals surface area (Å²) in [6.45, 7) is 4.36. The van der Waals surface area contributed by atoms with Crippen molar-refractivity contribution in [1.29, 1.82) is 0 Å². The molecule has 78 valence electrons. The van der Waals surface area contributed by atoms with E-state index in [4.69, 9.17) is 5.73 Å². The lowest BCUT2D eigenvalue weighted by atomic mass is 10.0. The number of hydrogen-bond donors (Lipinski definition) is 1. The molecule has 0 radical (unpaired) electrons. The Kier molecular flexibility index (Phi) is 5.05. The topological polar surface area (TPSA) is 26.0 Å². The second-order valence-electron chi connectivity index (χ2n) is 3.86. The van der Waals surface area contributed by atoms with E-state index in [1.807, 2.05) is 17.8 Å². The van der Waals surface area contributed by atoms with E-state index >= 15 is 0 Å². The Morgan fingerprint density at radius 1 is 1.21 bits per heavy atom. The summed E-state index contributed by atoms with van der Waals surface area (Å²) in [6, 6.07) is 10.8. The van der Waals surface area contributed by atoms with Crippen molar-refractivity contribution in [2.45, 2.75) is 31.2 Å². The Hall–Kier alpha value is -0.470. The predicted octanol–water partition coefficient (Wildman–Crippen LogP) is 3.15. The average molecular weight is 209 g/mol. The molecule has 0 saturated carbocycles. The Bertz CT molecular complexity index is 246. The molecule has 0 aromatic heterocycles. The Labute approximate surface area is 91.1 Å². The molecule has 1 nitrogen and oxygen atoms in total. The third-order valence-corrected chi connectivity index (χ3v) is 3.36. The van der Waals surface area contributed by atoms with Crippen LogP contribution in [0, 0.1) is 5.92 Å². The number of hydrogen-bond acceptors (Lipinski definition) is 2. The van der Waals surface area contributed by atoms with Gasteiger partial charge in [-0.3, -0.25) is 0 Å². The molecule has 0 amide bonds. The van der Waals surface area contributed by atoms with Crippen LogP contribution in [0.5, 0.6) is 0 Å². The molecular formula is C12H19NS. The monoisotopic (exact) mass is 209 g/mol. The minimum absolute atomic E-state index is 0.339. The van der Waals surface area contributed by atoms with Crippen molar-refractivity contribution in [2.75, 3.05) is 5.75 Å². The van der Waals surface area contributed by atoms with Crippen LogP contribution < -0.4 is 5.73 Å². The Balaban J connectivity index is 2.22. The molecule has 2 heteroatoms. The van der Waals surface area contributed by atoms with Crippen LogP contribution in [0.25, 0.3) is 0 Å². The normalized spacial score (nSPS) is 13.1. The van der Waals surface area contributed by atoms with Crippen molar-refractivity contribution in [2.24, 2.45) is 11.7 Å². The molecular weight excluding hydrogens is 190 g/mol. The standard InChI is InChI=1S/C12H19NS/c1-10(2)12(13)8-9-14-11-6-4-3-5-7-11/h3-7,10,12H,8-9,13H2,1-2H3. The van der Waals surface area contributed by atoms with Gasteiger partial charge in [-0.05, 0) is 30.2 Å². The van der Waals surface area contributed by atoms with Gasteiger partial charge >= 0.3 is 0 Å². The van der Waals surface area contributed by atoms with Gasteiger partial charge in [0.25, 0.3) is 0 Å². The molecule has 1 aromatic carbocycles. The molecule has 2 N–H and O–H groups in total. The predicted molar refractivity (Wildman–Crippen MR) is 64.6 cm³/mol. The maximum atomic E-state index is 5.97. The molecule has 0 aliphatic carbocycles. The lowest BCUT2D eigenvalue weighted by Crippen LogP contribution is -2.26. The van der Waals surface area contributed by atoms with Crippen molar-refractivity contribution in [1.82, 2.24) is 0 Å². The average Bonchev–Trinajstić information content (AvgIpc) is 2.19. The van der Waals surface area contributed by atoms with Crippen molar-refractivity contribution in [3.05, 3.63) is 30.3 Å². The molecule has 1 aromatic rings. The van der Waals surface area contributed by atoms with Crippen molar-refractivity contribution >= 4 is 11.8 Å².